The molecule has 0 atom stereocenters. The Morgan fingerprint density at radius 3 is 2.14 bits per heavy atom. The van der Waals surface area contributed by atoms with Crippen LogP contribution in [0.4, 0.5) is 0 Å². The van der Waals surface area contributed by atoms with Crippen LogP contribution in [0.3, 0.4) is 0 Å². The predicted octanol–water partition coefficient (Wildman–Crippen LogP) is 4.78. The third-order valence-corrected chi connectivity index (χ3v) is 5.97. The number of likely N-dealkylation sites (N-methyl/N-ethyl adjacent to an activating group) is 1. The summed E-state index contributed by atoms with van der Waals surface area (Å²) in [6, 6.07) is 0. The van der Waals surface area contributed by atoms with Crippen LogP contribution in [-0.2, 0) is 4.74 Å². The van der Waals surface area contributed by atoms with Gasteiger partial charge in [0.1, 0.15) is 0 Å². The Morgan fingerprint density at radius 1 is 1.00 bits per heavy atom. The van der Waals surface area contributed by atoms with E-state index in [1.165, 1.54) is 57.8 Å². The number of rotatable bonds is 5. The zero-order chi connectivity index (χ0) is 15.3. The number of ether oxygens (including phenoxy) is 1. The maximum absolute atomic E-state index is 6.55. The molecule has 2 saturated carbocycles. The van der Waals surface area contributed by atoms with Crippen LogP contribution in [0.15, 0.2) is 0 Å². The summed E-state index contributed by atoms with van der Waals surface area (Å²) < 4.78 is 6.55. The van der Waals surface area contributed by atoms with Crippen LogP contribution in [0.1, 0.15) is 78.6 Å². The maximum atomic E-state index is 6.55. The molecule has 2 fully saturated rings. The molecule has 0 aromatic carbocycles. The molecule has 1 N–H and O–H groups in total. The Balaban J connectivity index is 1.86. The highest BCUT2D eigenvalue weighted by Crippen LogP contribution is 2.43. The van der Waals surface area contributed by atoms with Crippen LogP contribution in [0.25, 0.3) is 0 Å². The lowest BCUT2D eigenvalue weighted by Crippen LogP contribution is -2.47. The Kier molecular flexibility index (Phi) is 6.14. The SMILES string of the molecule is CNCC1(OCC2CCCCC2)CCC(C(C)(C)C)CC1. The lowest BCUT2D eigenvalue weighted by Gasteiger charge is -2.44. The molecule has 2 heteroatoms. The zero-order valence-corrected chi connectivity index (χ0v) is 14.8. The molecule has 2 rings (SSSR count). The Bertz CT molecular complexity index is 293. The molecule has 0 aromatic heterocycles. The van der Waals surface area contributed by atoms with Crippen molar-refractivity contribution < 1.29 is 4.74 Å². The van der Waals surface area contributed by atoms with Gasteiger partial charge < -0.3 is 10.1 Å². The number of nitrogens with one attached hydrogen (secondary N) is 1. The monoisotopic (exact) mass is 295 g/mol. The summed E-state index contributed by atoms with van der Waals surface area (Å²) in [5, 5.41) is 3.39. The Labute approximate surface area is 132 Å². The minimum Gasteiger partial charge on any atom is -0.373 e. The van der Waals surface area contributed by atoms with Crippen molar-refractivity contribution in [1.29, 1.82) is 0 Å². The molecular formula is C19H37NO. The van der Waals surface area contributed by atoms with E-state index < -0.39 is 0 Å². The van der Waals surface area contributed by atoms with E-state index in [1.54, 1.807) is 0 Å². The van der Waals surface area contributed by atoms with Gasteiger partial charge in [-0.05, 0) is 62.8 Å². The van der Waals surface area contributed by atoms with Gasteiger partial charge in [-0.25, -0.2) is 0 Å². The summed E-state index contributed by atoms with van der Waals surface area (Å²) in [6.07, 6.45) is 12.2. The molecule has 0 radical (unpaired) electrons. The van der Waals surface area contributed by atoms with E-state index in [9.17, 15) is 0 Å². The summed E-state index contributed by atoms with van der Waals surface area (Å²) in [7, 11) is 2.07. The van der Waals surface area contributed by atoms with E-state index in [-0.39, 0.29) is 5.60 Å². The van der Waals surface area contributed by atoms with E-state index in [0.717, 1.165) is 25.0 Å². The van der Waals surface area contributed by atoms with Gasteiger partial charge in [-0.2, -0.15) is 0 Å². The molecular weight excluding hydrogens is 258 g/mol. The molecule has 2 aliphatic rings. The molecule has 0 saturated heterocycles. The van der Waals surface area contributed by atoms with Gasteiger partial charge in [0.2, 0.25) is 0 Å². The average molecular weight is 296 g/mol. The number of hydrogen-bond acceptors (Lipinski definition) is 2. The van der Waals surface area contributed by atoms with Gasteiger partial charge >= 0.3 is 0 Å². The van der Waals surface area contributed by atoms with Crippen molar-refractivity contribution in [2.45, 2.75) is 84.2 Å². The first-order chi connectivity index (χ1) is 9.95. The fraction of sp³-hybridized carbons (Fsp3) is 1.00. The minimum atomic E-state index is 0.119. The second kappa shape index (κ2) is 7.46. The van der Waals surface area contributed by atoms with Crippen LogP contribution >= 0.6 is 0 Å². The molecule has 0 bridgehead atoms. The first kappa shape index (κ1) is 17.3. The molecule has 0 amide bonds. The summed E-state index contributed by atoms with van der Waals surface area (Å²) >= 11 is 0. The fourth-order valence-electron chi connectivity index (χ4n) is 4.35. The second-order valence-corrected chi connectivity index (χ2v) is 8.67. The largest absolute Gasteiger partial charge is 0.373 e. The average Bonchev–Trinajstić information content (AvgIpc) is 2.46. The fourth-order valence-corrected chi connectivity index (χ4v) is 4.35. The number of hydrogen-bond donors (Lipinski definition) is 1. The third kappa shape index (κ3) is 4.96. The van der Waals surface area contributed by atoms with Crippen molar-refractivity contribution in [3.8, 4) is 0 Å². The van der Waals surface area contributed by atoms with Crippen molar-refractivity contribution in [1.82, 2.24) is 5.32 Å². The van der Waals surface area contributed by atoms with Gasteiger partial charge in [0.05, 0.1) is 12.2 Å². The third-order valence-electron chi connectivity index (χ3n) is 5.97. The van der Waals surface area contributed by atoms with Crippen LogP contribution in [-0.4, -0.2) is 25.8 Å². The molecule has 2 aliphatic carbocycles. The molecule has 124 valence electrons. The Hall–Kier alpha value is -0.0800. The first-order valence-corrected chi connectivity index (χ1v) is 9.24. The zero-order valence-electron chi connectivity index (χ0n) is 14.8. The standard InChI is InChI=1S/C19H37NO/c1-18(2,3)17-10-12-19(13-11-17,15-20-4)21-14-16-8-6-5-7-9-16/h16-17,20H,5-15H2,1-4H3. The van der Waals surface area contributed by atoms with E-state index in [4.69, 9.17) is 4.74 Å². The summed E-state index contributed by atoms with van der Waals surface area (Å²) in [4.78, 5) is 0. The summed E-state index contributed by atoms with van der Waals surface area (Å²) in [6.45, 7) is 9.21. The van der Waals surface area contributed by atoms with E-state index in [1.807, 2.05) is 0 Å². The van der Waals surface area contributed by atoms with Gasteiger partial charge in [0.15, 0.2) is 0 Å². The van der Waals surface area contributed by atoms with E-state index in [0.29, 0.717) is 5.41 Å². The van der Waals surface area contributed by atoms with Crippen LogP contribution in [0.2, 0.25) is 0 Å². The molecule has 0 spiro atoms. The molecule has 21 heavy (non-hydrogen) atoms. The van der Waals surface area contributed by atoms with Gasteiger partial charge in [0.25, 0.3) is 0 Å². The van der Waals surface area contributed by atoms with Crippen LogP contribution in [0, 0.1) is 17.3 Å². The van der Waals surface area contributed by atoms with Crippen molar-refractivity contribution in [2.24, 2.45) is 17.3 Å². The van der Waals surface area contributed by atoms with Crippen molar-refractivity contribution in [2.75, 3.05) is 20.2 Å². The lowest BCUT2D eigenvalue weighted by molar-refractivity contribution is -0.0977. The quantitative estimate of drug-likeness (QED) is 0.788. The van der Waals surface area contributed by atoms with E-state index >= 15 is 0 Å². The second-order valence-electron chi connectivity index (χ2n) is 8.67. The van der Waals surface area contributed by atoms with Gasteiger partial charge in [-0.1, -0.05) is 40.0 Å². The lowest BCUT2D eigenvalue weighted by atomic mass is 9.68. The summed E-state index contributed by atoms with van der Waals surface area (Å²) in [5.74, 6) is 1.69. The predicted molar refractivity (Wildman–Crippen MR) is 90.6 cm³/mol. The smallest absolute Gasteiger partial charge is 0.0806 e. The highest BCUT2D eigenvalue weighted by Gasteiger charge is 2.39. The molecule has 0 aliphatic heterocycles. The van der Waals surface area contributed by atoms with Gasteiger partial charge in [-0.3, -0.25) is 0 Å². The molecule has 0 heterocycles. The van der Waals surface area contributed by atoms with Crippen molar-refractivity contribution in [3.63, 3.8) is 0 Å². The topological polar surface area (TPSA) is 21.3 Å². The molecule has 2 nitrogen and oxygen atoms in total. The Morgan fingerprint density at radius 2 is 1.62 bits per heavy atom. The van der Waals surface area contributed by atoms with Crippen molar-refractivity contribution >= 4 is 0 Å². The maximum Gasteiger partial charge on any atom is 0.0806 e. The molecule has 0 unspecified atom stereocenters. The van der Waals surface area contributed by atoms with Crippen molar-refractivity contribution in [3.05, 3.63) is 0 Å². The highest BCUT2D eigenvalue weighted by molar-refractivity contribution is 4.92. The van der Waals surface area contributed by atoms with E-state index in [2.05, 4.69) is 33.1 Å². The van der Waals surface area contributed by atoms with Gasteiger partial charge in [0, 0.05) is 6.54 Å². The molecule has 0 aromatic rings. The normalized spacial score (nSPS) is 32.3. The highest BCUT2D eigenvalue weighted by atomic mass is 16.5. The van der Waals surface area contributed by atoms with Crippen LogP contribution in [0.5, 0.6) is 0 Å². The van der Waals surface area contributed by atoms with Crippen LogP contribution < -0.4 is 5.32 Å². The van der Waals surface area contributed by atoms with Gasteiger partial charge in [-0.15, -0.1) is 0 Å². The minimum absolute atomic E-state index is 0.119. The summed E-state index contributed by atoms with van der Waals surface area (Å²) in [5.41, 5.74) is 0.573. The first-order valence-electron chi connectivity index (χ1n) is 9.24.